The third-order valence-electron chi connectivity index (χ3n) is 3.19. The van der Waals surface area contributed by atoms with Crippen molar-refractivity contribution in [2.45, 2.75) is 18.9 Å². The quantitative estimate of drug-likeness (QED) is 0.738. The van der Waals surface area contributed by atoms with Gasteiger partial charge in [-0.1, -0.05) is 6.07 Å². The molecule has 2 N–H and O–H groups in total. The summed E-state index contributed by atoms with van der Waals surface area (Å²) in [4.78, 5) is 1.14. The summed E-state index contributed by atoms with van der Waals surface area (Å²) in [6.07, 6.45) is 1.92. The van der Waals surface area contributed by atoms with Crippen molar-refractivity contribution in [3.63, 3.8) is 0 Å². The normalized spacial score (nSPS) is 12.9. The van der Waals surface area contributed by atoms with Gasteiger partial charge in [-0.25, -0.2) is 4.39 Å². The summed E-state index contributed by atoms with van der Waals surface area (Å²) in [5.41, 5.74) is 7.57. The van der Waals surface area contributed by atoms with E-state index in [9.17, 15) is 4.39 Å². The lowest BCUT2D eigenvalue weighted by Crippen LogP contribution is -2.09. The van der Waals surface area contributed by atoms with Crippen LogP contribution >= 0.6 is 22.7 Å². The van der Waals surface area contributed by atoms with E-state index in [0.29, 0.717) is 0 Å². The summed E-state index contributed by atoms with van der Waals surface area (Å²) in [7, 11) is 0. The number of benzene rings is 1. The van der Waals surface area contributed by atoms with Gasteiger partial charge in [0, 0.05) is 15.6 Å². The number of rotatable bonds is 4. The molecule has 0 saturated carbocycles. The molecule has 0 spiro atoms. The fourth-order valence-electron chi connectivity index (χ4n) is 2.11. The Morgan fingerprint density at radius 1 is 1.21 bits per heavy atom. The zero-order valence-electron chi connectivity index (χ0n) is 10.3. The average Bonchev–Trinajstić information content (AvgIpc) is 3.04. The number of halogens is 1. The van der Waals surface area contributed by atoms with E-state index in [2.05, 4.69) is 22.9 Å². The molecule has 1 nitrogen and oxygen atoms in total. The lowest BCUT2D eigenvalue weighted by molar-refractivity contribution is 0.630. The third kappa shape index (κ3) is 2.86. The fourth-order valence-corrected chi connectivity index (χ4v) is 3.94. The van der Waals surface area contributed by atoms with Gasteiger partial charge in [-0.15, -0.1) is 11.3 Å². The summed E-state index contributed by atoms with van der Waals surface area (Å²) in [6.45, 7) is 0. The van der Waals surface area contributed by atoms with E-state index in [1.165, 1.54) is 11.6 Å². The highest BCUT2D eigenvalue weighted by atomic mass is 32.1. The molecule has 0 fully saturated rings. The molecule has 1 unspecified atom stereocenters. The van der Waals surface area contributed by atoms with Crippen molar-refractivity contribution in [3.05, 3.63) is 57.3 Å². The molecule has 4 heteroatoms. The number of fused-ring (bicyclic) bond motifs is 1. The summed E-state index contributed by atoms with van der Waals surface area (Å²) >= 11 is 3.31. The van der Waals surface area contributed by atoms with Gasteiger partial charge in [0.15, 0.2) is 0 Å². The van der Waals surface area contributed by atoms with Crippen LogP contribution in [0.4, 0.5) is 4.39 Å². The molecule has 2 heterocycles. The number of hydrogen-bond donors (Lipinski definition) is 1. The molecule has 0 aliphatic carbocycles. The molecule has 0 radical (unpaired) electrons. The van der Waals surface area contributed by atoms with Gasteiger partial charge in [-0.2, -0.15) is 11.3 Å². The number of hydrogen-bond acceptors (Lipinski definition) is 3. The van der Waals surface area contributed by atoms with E-state index in [0.717, 1.165) is 27.8 Å². The monoisotopic (exact) mass is 291 g/mol. The van der Waals surface area contributed by atoms with E-state index in [1.807, 2.05) is 6.07 Å². The van der Waals surface area contributed by atoms with Gasteiger partial charge in [0.1, 0.15) is 5.82 Å². The number of thiophene rings is 2. The first-order chi connectivity index (χ1) is 9.22. The smallest absolute Gasteiger partial charge is 0.124 e. The molecule has 19 heavy (non-hydrogen) atoms. The Balaban J connectivity index is 1.75. The molecule has 2 aromatic heterocycles. The Kier molecular flexibility index (Phi) is 3.64. The van der Waals surface area contributed by atoms with Gasteiger partial charge < -0.3 is 5.73 Å². The molecular formula is C15H14FNS2. The van der Waals surface area contributed by atoms with Gasteiger partial charge in [0.05, 0.1) is 0 Å². The van der Waals surface area contributed by atoms with Crippen LogP contribution in [-0.4, -0.2) is 0 Å². The van der Waals surface area contributed by atoms with Crippen molar-refractivity contribution in [1.82, 2.24) is 0 Å². The van der Waals surface area contributed by atoms with Crippen molar-refractivity contribution >= 4 is 32.8 Å². The van der Waals surface area contributed by atoms with Gasteiger partial charge in [-0.3, -0.25) is 0 Å². The topological polar surface area (TPSA) is 26.0 Å². The van der Waals surface area contributed by atoms with Gasteiger partial charge in [0.2, 0.25) is 0 Å². The first-order valence-corrected chi connectivity index (χ1v) is 7.94. The standard InChI is InChI=1S/C15H14FNS2/c16-12-3-2-11-7-15(19-14(11)8-12)13(17)4-1-10-5-6-18-9-10/h2-3,5-9,13H,1,4,17H2. The van der Waals surface area contributed by atoms with Crippen LogP contribution in [0.25, 0.3) is 10.1 Å². The van der Waals surface area contributed by atoms with E-state index < -0.39 is 0 Å². The average molecular weight is 291 g/mol. The summed E-state index contributed by atoms with van der Waals surface area (Å²) in [5.74, 6) is -0.187. The van der Waals surface area contributed by atoms with E-state index in [-0.39, 0.29) is 11.9 Å². The molecule has 1 aromatic carbocycles. The van der Waals surface area contributed by atoms with E-state index >= 15 is 0 Å². The molecule has 1 atom stereocenters. The minimum Gasteiger partial charge on any atom is -0.323 e. The van der Waals surface area contributed by atoms with Crippen molar-refractivity contribution in [3.8, 4) is 0 Å². The lowest BCUT2D eigenvalue weighted by Gasteiger charge is -2.07. The predicted octanol–water partition coefficient (Wildman–Crippen LogP) is 4.73. The van der Waals surface area contributed by atoms with Crippen LogP contribution in [0, 0.1) is 5.82 Å². The second-order valence-corrected chi connectivity index (χ2v) is 6.50. The summed E-state index contributed by atoms with van der Waals surface area (Å²) < 4.78 is 14.1. The molecule has 0 bridgehead atoms. The van der Waals surface area contributed by atoms with Gasteiger partial charge in [0.25, 0.3) is 0 Å². The Bertz CT molecular complexity index is 673. The Hall–Kier alpha value is -1.23. The molecule has 3 rings (SSSR count). The van der Waals surface area contributed by atoms with Crippen LogP contribution in [-0.2, 0) is 6.42 Å². The SMILES string of the molecule is NC(CCc1ccsc1)c1cc2ccc(F)cc2s1. The van der Waals surface area contributed by atoms with Crippen LogP contribution in [0.15, 0.2) is 41.1 Å². The Morgan fingerprint density at radius 3 is 2.89 bits per heavy atom. The highest BCUT2D eigenvalue weighted by Gasteiger charge is 2.11. The molecule has 0 saturated heterocycles. The van der Waals surface area contributed by atoms with Crippen LogP contribution < -0.4 is 5.73 Å². The maximum atomic E-state index is 13.2. The van der Waals surface area contributed by atoms with Crippen LogP contribution in [0.2, 0.25) is 0 Å². The lowest BCUT2D eigenvalue weighted by atomic mass is 10.1. The second-order valence-electron chi connectivity index (χ2n) is 4.61. The molecular weight excluding hydrogens is 277 g/mol. The molecule has 3 aromatic rings. The zero-order chi connectivity index (χ0) is 13.2. The van der Waals surface area contributed by atoms with Crippen molar-refractivity contribution in [2.75, 3.05) is 0 Å². The predicted molar refractivity (Wildman–Crippen MR) is 81.4 cm³/mol. The van der Waals surface area contributed by atoms with Crippen LogP contribution in [0.1, 0.15) is 22.9 Å². The molecule has 98 valence electrons. The van der Waals surface area contributed by atoms with Crippen molar-refractivity contribution in [1.29, 1.82) is 0 Å². The maximum Gasteiger partial charge on any atom is 0.124 e. The number of aryl methyl sites for hydroxylation is 1. The van der Waals surface area contributed by atoms with E-state index in [1.54, 1.807) is 28.7 Å². The van der Waals surface area contributed by atoms with Crippen molar-refractivity contribution in [2.24, 2.45) is 5.73 Å². The Labute approximate surface area is 119 Å². The third-order valence-corrected chi connectivity index (χ3v) is 5.15. The first kappa shape index (κ1) is 12.8. The minimum absolute atomic E-state index is 0.0281. The molecule has 0 aliphatic heterocycles. The summed E-state index contributed by atoms with van der Waals surface area (Å²) in [5, 5.41) is 5.32. The second kappa shape index (κ2) is 5.41. The number of nitrogens with two attached hydrogens (primary N) is 1. The Morgan fingerprint density at radius 2 is 2.11 bits per heavy atom. The van der Waals surface area contributed by atoms with Gasteiger partial charge in [-0.05, 0) is 58.8 Å². The highest BCUT2D eigenvalue weighted by Crippen LogP contribution is 2.31. The van der Waals surface area contributed by atoms with E-state index in [4.69, 9.17) is 5.73 Å². The fraction of sp³-hybridized carbons (Fsp3) is 0.200. The zero-order valence-corrected chi connectivity index (χ0v) is 11.9. The van der Waals surface area contributed by atoms with Crippen LogP contribution in [0.3, 0.4) is 0 Å². The largest absolute Gasteiger partial charge is 0.323 e. The maximum absolute atomic E-state index is 13.2. The van der Waals surface area contributed by atoms with Crippen LogP contribution in [0.5, 0.6) is 0 Å². The van der Waals surface area contributed by atoms with Gasteiger partial charge >= 0.3 is 0 Å². The first-order valence-electron chi connectivity index (χ1n) is 6.18. The summed E-state index contributed by atoms with van der Waals surface area (Å²) in [6, 6.07) is 9.14. The molecule has 0 amide bonds. The molecule has 0 aliphatic rings. The minimum atomic E-state index is -0.187. The van der Waals surface area contributed by atoms with Crippen molar-refractivity contribution < 1.29 is 4.39 Å². The highest BCUT2D eigenvalue weighted by molar-refractivity contribution is 7.19.